The van der Waals surface area contributed by atoms with E-state index in [1.54, 1.807) is 29.2 Å². The molecule has 1 heterocycles. The third kappa shape index (κ3) is 4.91. The van der Waals surface area contributed by atoms with E-state index in [4.69, 9.17) is 0 Å². The molecule has 0 aliphatic carbocycles. The van der Waals surface area contributed by atoms with Crippen LogP contribution in [0.4, 0.5) is 14.9 Å². The molecule has 2 rings (SSSR count). The van der Waals surface area contributed by atoms with E-state index in [9.17, 15) is 9.18 Å². The Morgan fingerprint density at radius 2 is 2.10 bits per heavy atom. The van der Waals surface area contributed by atoms with Crippen molar-refractivity contribution in [2.45, 2.75) is 26.3 Å². The van der Waals surface area contributed by atoms with Crippen LogP contribution in [0.25, 0.3) is 0 Å². The first kappa shape index (κ1) is 15.0. The topological polar surface area (TPSA) is 59.0 Å². The number of carbonyl (C=O) groups excluding carboxylic acids is 1. The highest BCUT2D eigenvalue weighted by Crippen LogP contribution is 2.08. The second kappa shape index (κ2) is 7.42. The van der Waals surface area contributed by atoms with E-state index in [2.05, 4.69) is 22.7 Å². The Hall–Kier alpha value is -2.37. The first-order chi connectivity index (χ1) is 10.2. The van der Waals surface area contributed by atoms with Gasteiger partial charge in [-0.15, -0.1) is 0 Å². The summed E-state index contributed by atoms with van der Waals surface area (Å²) in [5, 5.41) is 9.66. The molecule has 6 heteroatoms. The van der Waals surface area contributed by atoms with Crippen molar-refractivity contribution in [1.82, 2.24) is 15.1 Å². The molecule has 2 N–H and O–H groups in total. The fourth-order valence-corrected chi connectivity index (χ4v) is 1.85. The summed E-state index contributed by atoms with van der Waals surface area (Å²) in [7, 11) is 0. The van der Waals surface area contributed by atoms with Gasteiger partial charge in [0.15, 0.2) is 0 Å². The maximum absolute atomic E-state index is 12.8. The predicted molar refractivity (Wildman–Crippen MR) is 79.7 cm³/mol. The summed E-state index contributed by atoms with van der Waals surface area (Å²) in [6, 6.07) is 6.02. The monoisotopic (exact) mass is 290 g/mol. The molecule has 2 amide bonds. The SMILES string of the molecule is CCCCNC(=O)Nc1cnn(Cc2ccc(F)cc2)c1. The molecule has 0 bridgehead atoms. The van der Waals surface area contributed by atoms with E-state index >= 15 is 0 Å². The smallest absolute Gasteiger partial charge is 0.319 e. The number of amides is 2. The van der Waals surface area contributed by atoms with E-state index in [0.29, 0.717) is 18.8 Å². The molecule has 0 saturated heterocycles. The van der Waals surface area contributed by atoms with Crippen molar-refractivity contribution in [2.24, 2.45) is 0 Å². The van der Waals surface area contributed by atoms with Gasteiger partial charge in [0.2, 0.25) is 0 Å². The molecule has 0 unspecified atom stereocenters. The second-order valence-corrected chi connectivity index (χ2v) is 4.79. The fourth-order valence-electron chi connectivity index (χ4n) is 1.85. The number of hydrogen-bond donors (Lipinski definition) is 2. The van der Waals surface area contributed by atoms with Crippen LogP contribution in [0.15, 0.2) is 36.7 Å². The lowest BCUT2D eigenvalue weighted by atomic mass is 10.2. The molecule has 0 saturated carbocycles. The minimum absolute atomic E-state index is 0.232. The number of hydrogen-bond acceptors (Lipinski definition) is 2. The van der Waals surface area contributed by atoms with Crippen LogP contribution in [0, 0.1) is 5.82 Å². The lowest BCUT2D eigenvalue weighted by molar-refractivity contribution is 0.252. The summed E-state index contributed by atoms with van der Waals surface area (Å²) in [4.78, 5) is 11.6. The number of urea groups is 1. The number of nitrogens with one attached hydrogen (secondary N) is 2. The number of carbonyl (C=O) groups is 1. The Morgan fingerprint density at radius 1 is 1.33 bits per heavy atom. The summed E-state index contributed by atoms with van der Waals surface area (Å²) in [6.45, 7) is 3.25. The second-order valence-electron chi connectivity index (χ2n) is 4.79. The van der Waals surface area contributed by atoms with Crippen LogP contribution in [0.2, 0.25) is 0 Å². The zero-order valence-electron chi connectivity index (χ0n) is 12.0. The number of halogens is 1. The fraction of sp³-hybridized carbons (Fsp3) is 0.333. The standard InChI is InChI=1S/C15H19FN4O/c1-2-3-8-17-15(21)19-14-9-18-20(11-14)10-12-4-6-13(16)7-5-12/h4-7,9,11H,2-3,8,10H2,1H3,(H2,17,19,21). The summed E-state index contributed by atoms with van der Waals surface area (Å²) in [5.41, 5.74) is 1.57. The Labute approximate surface area is 123 Å². The van der Waals surface area contributed by atoms with E-state index < -0.39 is 0 Å². The number of rotatable bonds is 6. The number of anilines is 1. The lowest BCUT2D eigenvalue weighted by Crippen LogP contribution is -2.29. The highest BCUT2D eigenvalue weighted by Gasteiger charge is 2.04. The van der Waals surface area contributed by atoms with Gasteiger partial charge in [-0.25, -0.2) is 9.18 Å². The van der Waals surface area contributed by atoms with Crippen LogP contribution in [0.1, 0.15) is 25.3 Å². The van der Waals surface area contributed by atoms with E-state index in [0.717, 1.165) is 18.4 Å². The summed E-state index contributed by atoms with van der Waals surface area (Å²) < 4.78 is 14.5. The predicted octanol–water partition coefficient (Wildman–Crippen LogP) is 2.99. The lowest BCUT2D eigenvalue weighted by Gasteiger charge is -2.04. The molecule has 2 aromatic rings. The average molecular weight is 290 g/mol. The van der Waals surface area contributed by atoms with Crippen molar-refractivity contribution in [3.63, 3.8) is 0 Å². The van der Waals surface area contributed by atoms with E-state index in [-0.39, 0.29) is 11.8 Å². The summed E-state index contributed by atoms with van der Waals surface area (Å²) in [6.07, 6.45) is 5.32. The van der Waals surface area contributed by atoms with Crippen molar-refractivity contribution in [2.75, 3.05) is 11.9 Å². The van der Waals surface area contributed by atoms with Crippen LogP contribution in [0.3, 0.4) is 0 Å². The molecule has 21 heavy (non-hydrogen) atoms. The van der Waals surface area contributed by atoms with Gasteiger partial charge in [0.25, 0.3) is 0 Å². The molecule has 0 spiro atoms. The van der Waals surface area contributed by atoms with E-state index in [1.165, 1.54) is 12.1 Å². The molecule has 5 nitrogen and oxygen atoms in total. The average Bonchev–Trinajstić information content (AvgIpc) is 2.89. The molecule has 0 atom stereocenters. The molecule has 0 radical (unpaired) electrons. The molecule has 1 aromatic carbocycles. The third-order valence-corrected chi connectivity index (χ3v) is 2.96. The van der Waals surface area contributed by atoms with Gasteiger partial charge >= 0.3 is 6.03 Å². The van der Waals surface area contributed by atoms with Gasteiger partial charge in [-0.2, -0.15) is 5.10 Å². The quantitative estimate of drug-likeness (QED) is 0.803. The largest absolute Gasteiger partial charge is 0.338 e. The Bertz CT molecular complexity index is 580. The van der Waals surface area contributed by atoms with Gasteiger partial charge in [-0.3, -0.25) is 4.68 Å². The maximum Gasteiger partial charge on any atom is 0.319 e. The minimum Gasteiger partial charge on any atom is -0.338 e. The van der Waals surface area contributed by atoms with Gasteiger partial charge in [-0.1, -0.05) is 25.5 Å². The van der Waals surface area contributed by atoms with Crippen LogP contribution < -0.4 is 10.6 Å². The number of nitrogens with zero attached hydrogens (tertiary/aromatic N) is 2. The van der Waals surface area contributed by atoms with Crippen molar-refractivity contribution in [1.29, 1.82) is 0 Å². The number of aromatic nitrogens is 2. The van der Waals surface area contributed by atoms with Crippen LogP contribution in [-0.4, -0.2) is 22.4 Å². The van der Waals surface area contributed by atoms with Crippen molar-refractivity contribution in [3.8, 4) is 0 Å². The molecule has 0 aliphatic heterocycles. The van der Waals surface area contributed by atoms with Crippen LogP contribution in [-0.2, 0) is 6.54 Å². The third-order valence-electron chi connectivity index (χ3n) is 2.96. The van der Waals surface area contributed by atoms with Crippen LogP contribution >= 0.6 is 0 Å². The summed E-state index contributed by atoms with van der Waals surface area (Å²) >= 11 is 0. The van der Waals surface area contributed by atoms with Gasteiger partial charge in [-0.05, 0) is 24.1 Å². The Kier molecular flexibility index (Phi) is 5.31. The van der Waals surface area contributed by atoms with Gasteiger partial charge in [0.05, 0.1) is 18.4 Å². The van der Waals surface area contributed by atoms with E-state index in [1.807, 2.05) is 0 Å². The number of benzene rings is 1. The van der Waals surface area contributed by atoms with Crippen LogP contribution in [0.5, 0.6) is 0 Å². The highest BCUT2D eigenvalue weighted by molar-refractivity contribution is 5.88. The molecular weight excluding hydrogens is 271 g/mol. The molecular formula is C15H19FN4O. The zero-order chi connectivity index (χ0) is 15.1. The maximum atomic E-state index is 12.8. The Balaban J connectivity index is 1.86. The van der Waals surface area contributed by atoms with Gasteiger partial charge in [0.1, 0.15) is 5.82 Å². The molecule has 1 aromatic heterocycles. The molecule has 0 aliphatic rings. The first-order valence-electron chi connectivity index (χ1n) is 6.99. The molecule has 0 fully saturated rings. The van der Waals surface area contributed by atoms with Crippen molar-refractivity contribution < 1.29 is 9.18 Å². The zero-order valence-corrected chi connectivity index (χ0v) is 12.0. The highest BCUT2D eigenvalue weighted by atomic mass is 19.1. The summed E-state index contributed by atoms with van der Waals surface area (Å²) in [5.74, 6) is -0.259. The Morgan fingerprint density at radius 3 is 2.81 bits per heavy atom. The minimum atomic E-state index is -0.259. The van der Waals surface area contributed by atoms with Gasteiger partial charge < -0.3 is 10.6 Å². The van der Waals surface area contributed by atoms with Crippen molar-refractivity contribution >= 4 is 11.7 Å². The number of unbranched alkanes of at least 4 members (excludes halogenated alkanes) is 1. The first-order valence-corrected chi connectivity index (χ1v) is 6.99. The van der Waals surface area contributed by atoms with Crippen molar-refractivity contribution in [3.05, 3.63) is 48.0 Å². The molecule has 112 valence electrons. The normalized spacial score (nSPS) is 10.4. The van der Waals surface area contributed by atoms with Gasteiger partial charge in [0, 0.05) is 12.7 Å².